The molecule has 1 saturated heterocycles. The van der Waals surface area contributed by atoms with Crippen LogP contribution < -0.4 is 36.9 Å². The summed E-state index contributed by atoms with van der Waals surface area (Å²) in [5, 5.41) is 8.63. The number of likely N-dealkylation sites (tertiary alicyclic amines) is 1. The number of amides is 3. The standard InChI is InChI=1S/C38H53ClN8O6S2/c1-54-22-17-42-32(48)25-52-30-13-9-27(10-14-30)6-3-19-47(21-5-8-29(24-47)44-38(50)34-36(40)46-37(41)35(39)45-34)20-4-7-28-11-15-31(16-12-28)53-26-33(49)43-18-23-55(2)51/h9-16,29H,3-8,17-26H2,1-2H3,(H6-,40,41,42,43,44,46,48,49,50)/p+1/t29-,47?,55?/m0/s1. The van der Waals surface area contributed by atoms with Crippen molar-refractivity contribution in [2.75, 3.05) is 88.0 Å². The van der Waals surface area contributed by atoms with E-state index in [0.717, 1.165) is 80.5 Å². The van der Waals surface area contributed by atoms with Crippen LogP contribution in [0.5, 0.6) is 11.5 Å². The highest BCUT2D eigenvalue weighted by Crippen LogP contribution is 2.25. The summed E-state index contributed by atoms with van der Waals surface area (Å²) in [6.07, 6.45) is 8.99. The number of nitrogen functional groups attached to an aromatic ring is 2. The van der Waals surface area contributed by atoms with Gasteiger partial charge in [0.25, 0.3) is 17.7 Å². The summed E-state index contributed by atoms with van der Waals surface area (Å²) in [6.45, 7) is 4.46. The van der Waals surface area contributed by atoms with E-state index in [2.05, 4.69) is 25.9 Å². The van der Waals surface area contributed by atoms with E-state index in [4.69, 9.17) is 32.5 Å². The number of carbonyl (C=O) groups is 3. The van der Waals surface area contributed by atoms with Crippen molar-refractivity contribution in [3.05, 3.63) is 70.5 Å². The second kappa shape index (κ2) is 22.6. The lowest BCUT2D eigenvalue weighted by molar-refractivity contribution is -0.933. The maximum Gasteiger partial charge on any atom is 0.274 e. The van der Waals surface area contributed by atoms with Gasteiger partial charge in [-0.3, -0.25) is 14.4 Å². The van der Waals surface area contributed by atoms with E-state index in [0.29, 0.717) is 30.3 Å². The van der Waals surface area contributed by atoms with E-state index < -0.39 is 17.1 Å². The van der Waals surface area contributed by atoms with Crippen LogP contribution in [0.4, 0.5) is 11.6 Å². The zero-order valence-corrected chi connectivity index (χ0v) is 34.0. The molecule has 17 heteroatoms. The van der Waals surface area contributed by atoms with Crippen LogP contribution >= 0.6 is 23.4 Å². The Labute approximate surface area is 336 Å². The Morgan fingerprint density at radius 2 is 1.47 bits per heavy atom. The van der Waals surface area contributed by atoms with Crippen LogP contribution in [0, 0.1) is 0 Å². The monoisotopic (exact) mass is 817 g/mol. The number of ether oxygens (including phenoxy) is 2. The van der Waals surface area contributed by atoms with E-state index >= 15 is 0 Å². The molecule has 2 heterocycles. The molecule has 2 unspecified atom stereocenters. The molecule has 0 spiro atoms. The molecule has 0 aliphatic carbocycles. The summed E-state index contributed by atoms with van der Waals surface area (Å²) < 4.78 is 23.4. The average Bonchev–Trinajstić information content (AvgIpc) is 3.15. The number of piperidine rings is 1. The fraction of sp³-hybridized carbons (Fsp3) is 0.500. The van der Waals surface area contributed by atoms with Crippen molar-refractivity contribution in [3.8, 4) is 11.5 Å². The Morgan fingerprint density at radius 1 is 0.909 bits per heavy atom. The molecule has 3 atom stereocenters. The fourth-order valence-electron chi connectivity index (χ4n) is 6.59. The number of hydrogen-bond acceptors (Lipinski definition) is 11. The number of nitrogens with two attached hydrogens (primary N) is 2. The van der Waals surface area contributed by atoms with Crippen LogP contribution in [-0.4, -0.2) is 119 Å². The molecule has 1 aliphatic heterocycles. The minimum Gasteiger partial charge on any atom is -0.617 e. The molecular formula is C38H54ClN8O6S2+. The van der Waals surface area contributed by atoms with Crippen molar-refractivity contribution < 1.29 is 32.9 Å². The van der Waals surface area contributed by atoms with Gasteiger partial charge in [-0.2, -0.15) is 11.8 Å². The highest BCUT2D eigenvalue weighted by atomic mass is 35.5. The van der Waals surface area contributed by atoms with E-state index in [1.165, 1.54) is 5.56 Å². The minimum atomic E-state index is -0.963. The van der Waals surface area contributed by atoms with Gasteiger partial charge in [0, 0.05) is 25.1 Å². The number of rotatable bonds is 22. The number of carbonyl (C=O) groups excluding carboxylic acids is 3. The third-order valence-electron chi connectivity index (χ3n) is 9.37. The predicted octanol–water partition coefficient (Wildman–Crippen LogP) is 3.00. The Bertz CT molecular complexity index is 1690. The molecule has 55 heavy (non-hydrogen) atoms. The first-order chi connectivity index (χ1) is 26.4. The summed E-state index contributed by atoms with van der Waals surface area (Å²) in [6, 6.07) is 15.6. The molecule has 3 aromatic rings. The van der Waals surface area contributed by atoms with Crippen LogP contribution in [-0.2, 0) is 33.6 Å². The second-order valence-corrected chi connectivity index (χ2v) is 16.6. The molecule has 4 rings (SSSR count). The van der Waals surface area contributed by atoms with Crippen molar-refractivity contribution in [1.82, 2.24) is 25.9 Å². The molecule has 1 aromatic heterocycles. The lowest BCUT2D eigenvalue weighted by atomic mass is 9.99. The van der Waals surface area contributed by atoms with Gasteiger partial charge in [0.15, 0.2) is 35.7 Å². The second-order valence-electron chi connectivity index (χ2n) is 13.7. The van der Waals surface area contributed by atoms with E-state index in [-0.39, 0.29) is 53.6 Å². The van der Waals surface area contributed by atoms with Crippen molar-refractivity contribution in [2.24, 2.45) is 0 Å². The number of quaternary nitrogens is 1. The number of anilines is 2. The normalized spacial score (nSPS) is 17.2. The van der Waals surface area contributed by atoms with Crippen LogP contribution in [0.2, 0.25) is 5.15 Å². The first kappa shape index (κ1) is 43.8. The molecular weight excluding hydrogens is 764 g/mol. The highest BCUT2D eigenvalue weighted by Gasteiger charge is 2.35. The predicted molar refractivity (Wildman–Crippen MR) is 220 cm³/mol. The number of thioether (sulfide) groups is 1. The molecule has 300 valence electrons. The van der Waals surface area contributed by atoms with Crippen molar-refractivity contribution in [1.29, 1.82) is 0 Å². The van der Waals surface area contributed by atoms with Crippen molar-refractivity contribution in [2.45, 2.75) is 44.6 Å². The molecule has 3 amide bonds. The third-order valence-corrected chi connectivity index (χ3v) is 11.0. The molecule has 1 fully saturated rings. The van der Waals surface area contributed by atoms with Crippen LogP contribution in [0.3, 0.4) is 0 Å². The number of aryl methyl sites for hydroxylation is 2. The molecule has 0 radical (unpaired) electrons. The lowest BCUT2D eigenvalue weighted by Gasteiger charge is -2.45. The van der Waals surface area contributed by atoms with Crippen LogP contribution in [0.15, 0.2) is 48.5 Å². The van der Waals surface area contributed by atoms with E-state index in [1.54, 1.807) is 18.0 Å². The van der Waals surface area contributed by atoms with Gasteiger partial charge in [0.05, 0.1) is 45.0 Å². The first-order valence-electron chi connectivity index (χ1n) is 18.5. The Kier molecular flexibility index (Phi) is 17.9. The van der Waals surface area contributed by atoms with Gasteiger partial charge in [0.1, 0.15) is 17.3 Å². The summed E-state index contributed by atoms with van der Waals surface area (Å²) in [5.41, 5.74) is 14.0. The summed E-state index contributed by atoms with van der Waals surface area (Å²) >= 11 is 6.77. The molecule has 7 N–H and O–H groups in total. The zero-order valence-electron chi connectivity index (χ0n) is 31.7. The smallest absolute Gasteiger partial charge is 0.274 e. The molecule has 0 bridgehead atoms. The van der Waals surface area contributed by atoms with Crippen LogP contribution in [0.1, 0.15) is 47.3 Å². The number of halogens is 1. The average molecular weight is 818 g/mol. The number of aromatic nitrogens is 2. The fourth-order valence-corrected chi connectivity index (χ4v) is 7.41. The lowest BCUT2D eigenvalue weighted by Crippen LogP contribution is -2.60. The van der Waals surface area contributed by atoms with E-state index in [1.807, 2.05) is 54.8 Å². The Morgan fingerprint density at radius 3 is 2.02 bits per heavy atom. The van der Waals surface area contributed by atoms with Gasteiger partial charge in [-0.05, 0) is 67.3 Å². The highest BCUT2D eigenvalue weighted by molar-refractivity contribution is 7.98. The van der Waals surface area contributed by atoms with Gasteiger partial charge in [-0.1, -0.05) is 47.0 Å². The van der Waals surface area contributed by atoms with E-state index in [9.17, 15) is 18.9 Å². The van der Waals surface area contributed by atoms with Gasteiger partial charge in [0.2, 0.25) is 0 Å². The maximum atomic E-state index is 13.3. The molecule has 2 aromatic carbocycles. The number of hydrogen-bond donors (Lipinski definition) is 5. The SMILES string of the molecule is CSCCNC(=O)COc1ccc(CCC[N+]2(CCCc3ccc(OCC(=O)NCC[S+](C)[O-])cc3)CCC[C@H](NC(=O)c3nc(Cl)c(N)nc3N)C2)cc1. The summed E-state index contributed by atoms with van der Waals surface area (Å²) in [4.78, 5) is 45.4. The zero-order chi connectivity index (χ0) is 39.6. The summed E-state index contributed by atoms with van der Waals surface area (Å²) in [5.74, 6) is 1.63. The van der Waals surface area contributed by atoms with Crippen LogP contribution in [0.25, 0.3) is 0 Å². The third kappa shape index (κ3) is 15.2. The molecule has 14 nitrogen and oxygen atoms in total. The van der Waals surface area contributed by atoms with Crippen molar-refractivity contribution in [3.63, 3.8) is 0 Å². The van der Waals surface area contributed by atoms with Gasteiger partial charge in [-0.15, -0.1) is 0 Å². The van der Waals surface area contributed by atoms with Crippen molar-refractivity contribution >= 4 is 63.9 Å². The topological polar surface area (TPSA) is 207 Å². The van der Waals surface area contributed by atoms with Gasteiger partial charge >= 0.3 is 0 Å². The molecule has 0 saturated carbocycles. The number of nitrogens with zero attached hydrogens (tertiary/aromatic N) is 3. The maximum absolute atomic E-state index is 13.3. The first-order valence-corrected chi connectivity index (χ1v) is 22.0. The number of benzene rings is 2. The minimum absolute atomic E-state index is 0.0164. The molecule has 1 aliphatic rings. The largest absolute Gasteiger partial charge is 0.617 e. The van der Waals surface area contributed by atoms with Gasteiger partial charge < -0.3 is 45.9 Å². The quantitative estimate of drug-likeness (QED) is 0.0566. The Hall–Kier alpha value is -3.96. The summed E-state index contributed by atoms with van der Waals surface area (Å²) in [7, 11) is 0. The van der Waals surface area contributed by atoms with Gasteiger partial charge in [-0.25, -0.2) is 9.97 Å². The number of nitrogens with one attached hydrogen (secondary N) is 3. The Balaban J connectivity index is 1.34.